The highest BCUT2D eigenvalue weighted by molar-refractivity contribution is 9.10. The molecule has 0 aliphatic rings. The zero-order valence-corrected chi connectivity index (χ0v) is 9.76. The molecule has 1 aromatic heterocycles. The van der Waals surface area contributed by atoms with Crippen LogP contribution in [0.3, 0.4) is 0 Å². The molecule has 0 N–H and O–H groups in total. The van der Waals surface area contributed by atoms with Crippen molar-refractivity contribution in [1.82, 2.24) is 4.98 Å². The number of pyridine rings is 1. The fourth-order valence-corrected chi connectivity index (χ4v) is 1.97. The summed E-state index contributed by atoms with van der Waals surface area (Å²) in [6, 6.07) is 5.53. The van der Waals surface area contributed by atoms with Gasteiger partial charge in [-0.25, -0.2) is 0 Å². The molecular weight excluding hydrogens is 265 g/mol. The number of hydrogen-bond acceptors (Lipinski definition) is 2. The second kappa shape index (κ2) is 3.75. The van der Waals surface area contributed by atoms with E-state index >= 15 is 0 Å². The summed E-state index contributed by atoms with van der Waals surface area (Å²) in [5.74, 6) is 0.784. The van der Waals surface area contributed by atoms with Gasteiger partial charge in [-0.2, -0.15) is 0 Å². The monoisotopic (exact) mass is 271 g/mol. The predicted octanol–water partition coefficient (Wildman–Crippen LogP) is 3.66. The van der Waals surface area contributed by atoms with Crippen molar-refractivity contribution in [1.29, 1.82) is 0 Å². The van der Waals surface area contributed by atoms with Crippen LogP contribution < -0.4 is 4.74 Å². The van der Waals surface area contributed by atoms with E-state index in [1.165, 1.54) is 0 Å². The first-order chi connectivity index (χ1) is 6.72. The van der Waals surface area contributed by atoms with Crippen molar-refractivity contribution in [3.63, 3.8) is 0 Å². The van der Waals surface area contributed by atoms with Crippen molar-refractivity contribution in [3.05, 3.63) is 33.9 Å². The van der Waals surface area contributed by atoms with Crippen LogP contribution in [0, 0.1) is 0 Å². The number of hydrogen-bond donors (Lipinski definition) is 0. The van der Waals surface area contributed by atoms with E-state index in [1.54, 1.807) is 13.3 Å². The van der Waals surface area contributed by atoms with Crippen LogP contribution >= 0.6 is 27.5 Å². The first-order valence-electron chi connectivity index (χ1n) is 4.00. The fraction of sp³-hybridized carbons (Fsp3) is 0.100. The Balaban J connectivity index is 2.82. The number of ether oxygens (including phenoxy) is 1. The van der Waals surface area contributed by atoms with Crippen LogP contribution in [0.1, 0.15) is 0 Å². The lowest BCUT2D eigenvalue weighted by Crippen LogP contribution is -1.88. The van der Waals surface area contributed by atoms with E-state index in [2.05, 4.69) is 20.9 Å². The lowest BCUT2D eigenvalue weighted by Gasteiger charge is -2.06. The number of benzene rings is 1. The minimum atomic E-state index is 0.675. The van der Waals surface area contributed by atoms with Crippen molar-refractivity contribution >= 4 is 38.4 Å². The van der Waals surface area contributed by atoms with E-state index < -0.39 is 0 Å². The zero-order chi connectivity index (χ0) is 10.1. The highest BCUT2D eigenvalue weighted by atomic mass is 79.9. The molecule has 4 heteroatoms. The number of methoxy groups -OCH3 is 1. The molecule has 0 aliphatic carbocycles. The molecule has 0 aliphatic heterocycles. The van der Waals surface area contributed by atoms with E-state index in [0.717, 1.165) is 21.1 Å². The number of halogens is 2. The first-order valence-corrected chi connectivity index (χ1v) is 5.17. The van der Waals surface area contributed by atoms with Crippen LogP contribution in [0.4, 0.5) is 0 Å². The Kier molecular flexibility index (Phi) is 2.61. The third-order valence-electron chi connectivity index (χ3n) is 1.94. The Labute approximate surface area is 95.0 Å². The molecule has 0 amide bonds. The molecule has 0 unspecified atom stereocenters. The zero-order valence-electron chi connectivity index (χ0n) is 7.42. The summed E-state index contributed by atoms with van der Waals surface area (Å²) >= 11 is 9.24. The highest BCUT2D eigenvalue weighted by Crippen LogP contribution is 2.32. The Bertz CT molecular complexity index is 487. The molecule has 0 radical (unpaired) electrons. The number of nitrogens with zero attached hydrogens (tertiary/aromatic N) is 1. The smallest absolute Gasteiger partial charge is 0.143 e. The number of aromatic nitrogens is 1. The second-order valence-electron chi connectivity index (χ2n) is 2.80. The summed E-state index contributed by atoms with van der Waals surface area (Å²) in [7, 11) is 1.63. The van der Waals surface area contributed by atoms with E-state index in [4.69, 9.17) is 16.3 Å². The van der Waals surface area contributed by atoms with Crippen LogP contribution in [0.25, 0.3) is 10.9 Å². The first kappa shape index (κ1) is 9.74. The summed E-state index contributed by atoms with van der Waals surface area (Å²) in [6.07, 6.45) is 1.71. The van der Waals surface area contributed by atoms with Crippen molar-refractivity contribution in [3.8, 4) is 5.75 Å². The van der Waals surface area contributed by atoms with Gasteiger partial charge in [0, 0.05) is 16.6 Å². The lowest BCUT2D eigenvalue weighted by atomic mass is 10.2. The van der Waals surface area contributed by atoms with E-state index in [-0.39, 0.29) is 0 Å². The van der Waals surface area contributed by atoms with Gasteiger partial charge in [0.05, 0.1) is 17.1 Å². The molecule has 0 spiro atoms. The molecule has 1 heterocycles. The maximum atomic E-state index is 5.86. The Morgan fingerprint density at radius 3 is 2.93 bits per heavy atom. The molecular formula is C10H7BrClNO. The molecule has 0 fully saturated rings. The van der Waals surface area contributed by atoms with Crippen molar-refractivity contribution < 1.29 is 4.74 Å². The van der Waals surface area contributed by atoms with Crippen molar-refractivity contribution in [2.75, 3.05) is 7.11 Å². The van der Waals surface area contributed by atoms with Gasteiger partial charge in [0.15, 0.2) is 0 Å². The summed E-state index contributed by atoms with van der Waals surface area (Å²) < 4.78 is 6.11. The van der Waals surface area contributed by atoms with Gasteiger partial charge in [0.2, 0.25) is 0 Å². The molecule has 14 heavy (non-hydrogen) atoms. The third-order valence-corrected chi connectivity index (χ3v) is 2.74. The maximum absolute atomic E-state index is 5.86. The Morgan fingerprint density at radius 1 is 1.43 bits per heavy atom. The molecule has 0 bridgehead atoms. The average Bonchev–Trinajstić information content (AvgIpc) is 2.18. The van der Waals surface area contributed by atoms with Gasteiger partial charge in [-0.3, -0.25) is 4.98 Å². The second-order valence-corrected chi connectivity index (χ2v) is 4.09. The van der Waals surface area contributed by atoms with E-state index in [9.17, 15) is 0 Å². The molecule has 2 aromatic rings. The molecule has 1 aromatic carbocycles. The normalized spacial score (nSPS) is 10.5. The van der Waals surface area contributed by atoms with Gasteiger partial charge in [0.25, 0.3) is 0 Å². The summed E-state index contributed by atoms with van der Waals surface area (Å²) in [4.78, 5) is 4.24. The molecule has 72 valence electrons. The molecule has 0 saturated carbocycles. The van der Waals surface area contributed by atoms with Gasteiger partial charge < -0.3 is 4.74 Å². The largest absolute Gasteiger partial charge is 0.495 e. The third kappa shape index (κ3) is 1.57. The maximum Gasteiger partial charge on any atom is 0.143 e. The minimum absolute atomic E-state index is 0.675. The molecule has 0 atom stereocenters. The summed E-state index contributed by atoms with van der Waals surface area (Å²) in [6.45, 7) is 0. The lowest BCUT2D eigenvalue weighted by molar-refractivity contribution is 0.417. The standard InChI is InChI=1S/C10H7BrClNO/c1-14-10-7-3-2-6(12)4-9(7)13-5-8(10)11/h2-5H,1H3. The Morgan fingerprint density at radius 2 is 2.21 bits per heavy atom. The fourth-order valence-electron chi connectivity index (χ4n) is 1.32. The van der Waals surface area contributed by atoms with Gasteiger partial charge in [-0.15, -0.1) is 0 Å². The van der Waals surface area contributed by atoms with Gasteiger partial charge in [-0.05, 0) is 34.1 Å². The van der Waals surface area contributed by atoms with Crippen LogP contribution in [-0.4, -0.2) is 12.1 Å². The predicted molar refractivity (Wildman–Crippen MR) is 61.0 cm³/mol. The number of rotatable bonds is 1. The van der Waals surface area contributed by atoms with Gasteiger partial charge in [-0.1, -0.05) is 11.6 Å². The topological polar surface area (TPSA) is 22.1 Å². The summed E-state index contributed by atoms with van der Waals surface area (Å²) in [5, 5.41) is 1.63. The SMILES string of the molecule is COc1c(Br)cnc2cc(Cl)ccc12. The Hall–Kier alpha value is -0.800. The van der Waals surface area contributed by atoms with Crippen LogP contribution in [-0.2, 0) is 0 Å². The quantitative estimate of drug-likeness (QED) is 0.790. The van der Waals surface area contributed by atoms with Crippen LogP contribution in [0.15, 0.2) is 28.9 Å². The molecule has 2 nitrogen and oxygen atoms in total. The van der Waals surface area contributed by atoms with Crippen molar-refractivity contribution in [2.45, 2.75) is 0 Å². The molecule has 2 rings (SSSR count). The summed E-state index contributed by atoms with van der Waals surface area (Å²) in [5.41, 5.74) is 0.831. The van der Waals surface area contributed by atoms with E-state index in [1.807, 2.05) is 18.2 Å². The average molecular weight is 273 g/mol. The number of fused-ring (bicyclic) bond motifs is 1. The highest BCUT2D eigenvalue weighted by Gasteiger charge is 2.06. The van der Waals surface area contributed by atoms with Crippen LogP contribution in [0.5, 0.6) is 5.75 Å². The van der Waals surface area contributed by atoms with Gasteiger partial charge >= 0.3 is 0 Å². The minimum Gasteiger partial charge on any atom is -0.495 e. The van der Waals surface area contributed by atoms with Crippen molar-refractivity contribution in [2.24, 2.45) is 0 Å². The van der Waals surface area contributed by atoms with Gasteiger partial charge in [0.1, 0.15) is 5.75 Å². The van der Waals surface area contributed by atoms with Crippen LogP contribution in [0.2, 0.25) is 5.02 Å². The molecule has 0 saturated heterocycles. The van der Waals surface area contributed by atoms with E-state index in [0.29, 0.717) is 5.02 Å².